The fourth-order valence-electron chi connectivity index (χ4n) is 3.08. The Balaban J connectivity index is 1.97. The number of rotatable bonds is 6. The molecule has 3 aromatic rings. The second-order valence-electron chi connectivity index (χ2n) is 7.19. The minimum atomic E-state index is -0.291. The Bertz CT molecular complexity index is 967. The van der Waals surface area contributed by atoms with Gasteiger partial charge in [0.1, 0.15) is 5.82 Å². The van der Waals surface area contributed by atoms with Gasteiger partial charge in [-0.15, -0.1) is 0 Å². The average molecular weight is 387 g/mol. The first kappa shape index (κ1) is 19.5. The smallest absolute Gasteiger partial charge is 0.260 e. The first-order valence-electron chi connectivity index (χ1n) is 9.09. The van der Waals surface area contributed by atoms with Gasteiger partial charge in [-0.05, 0) is 43.7 Å². The van der Waals surface area contributed by atoms with Gasteiger partial charge in [-0.2, -0.15) is 0 Å². The summed E-state index contributed by atoms with van der Waals surface area (Å²) in [5.74, 6) is -0.345. The number of fused-ring (bicyclic) bond motifs is 1. The third-order valence-corrected chi connectivity index (χ3v) is 5.53. The van der Waals surface area contributed by atoms with Crippen LogP contribution in [0.15, 0.2) is 36.4 Å². The number of halogens is 1. The van der Waals surface area contributed by atoms with E-state index in [1.807, 2.05) is 32.0 Å². The van der Waals surface area contributed by atoms with Gasteiger partial charge in [0, 0.05) is 18.5 Å². The van der Waals surface area contributed by atoms with Crippen LogP contribution in [-0.4, -0.2) is 38.1 Å². The lowest BCUT2D eigenvalue weighted by Crippen LogP contribution is -3.05. The number of hydrogen-bond acceptors (Lipinski definition) is 3. The number of benzene rings is 2. The summed E-state index contributed by atoms with van der Waals surface area (Å²) < 4.78 is 14.3. The fraction of sp³-hybridized carbons (Fsp3) is 0.333. The van der Waals surface area contributed by atoms with E-state index in [1.165, 1.54) is 28.4 Å². The highest BCUT2D eigenvalue weighted by molar-refractivity contribution is 7.22. The third kappa shape index (κ3) is 4.51. The monoisotopic (exact) mass is 386 g/mol. The molecule has 1 heterocycles. The van der Waals surface area contributed by atoms with Crippen molar-refractivity contribution in [2.75, 3.05) is 32.1 Å². The Morgan fingerprint density at radius 3 is 2.67 bits per heavy atom. The molecule has 0 fully saturated rings. The van der Waals surface area contributed by atoms with E-state index in [9.17, 15) is 9.18 Å². The predicted octanol–water partition coefficient (Wildman–Crippen LogP) is 3.23. The molecule has 0 aliphatic heterocycles. The van der Waals surface area contributed by atoms with Gasteiger partial charge in [0.15, 0.2) is 5.13 Å². The Kier molecular flexibility index (Phi) is 5.87. The van der Waals surface area contributed by atoms with E-state index in [-0.39, 0.29) is 11.7 Å². The number of aromatic nitrogens is 1. The molecule has 6 heteroatoms. The molecule has 27 heavy (non-hydrogen) atoms. The van der Waals surface area contributed by atoms with Gasteiger partial charge in [0.2, 0.25) is 0 Å². The van der Waals surface area contributed by atoms with Crippen molar-refractivity contribution in [3.63, 3.8) is 0 Å². The van der Waals surface area contributed by atoms with Crippen LogP contribution >= 0.6 is 11.3 Å². The van der Waals surface area contributed by atoms with Crippen molar-refractivity contribution in [3.05, 3.63) is 58.9 Å². The minimum absolute atomic E-state index is 0.0548. The van der Waals surface area contributed by atoms with Crippen LogP contribution < -0.4 is 9.80 Å². The van der Waals surface area contributed by atoms with Crippen molar-refractivity contribution in [3.8, 4) is 0 Å². The van der Waals surface area contributed by atoms with Gasteiger partial charge in [-0.1, -0.05) is 29.0 Å². The molecule has 1 aromatic heterocycles. The second-order valence-corrected chi connectivity index (χ2v) is 8.20. The first-order valence-corrected chi connectivity index (χ1v) is 9.91. The standard InChI is InChI=1S/C21H24FN3OS/c1-14-6-8-17(15(2)12-14)20(26)25(11-5-10-24(3)4)21-23-18-9-7-16(22)13-19(18)27-21/h6-9,12-13H,5,10-11H2,1-4H3/p+1. The Hall–Kier alpha value is -2.31. The zero-order valence-corrected chi connectivity index (χ0v) is 17.0. The maximum absolute atomic E-state index is 13.5. The summed E-state index contributed by atoms with van der Waals surface area (Å²) in [4.78, 5) is 21.0. The van der Waals surface area contributed by atoms with E-state index < -0.39 is 0 Å². The highest BCUT2D eigenvalue weighted by atomic mass is 32.1. The summed E-state index contributed by atoms with van der Waals surface area (Å²) in [5, 5.41) is 0.620. The molecule has 3 rings (SSSR count). The number of nitrogens with zero attached hydrogens (tertiary/aromatic N) is 2. The normalized spacial score (nSPS) is 11.3. The van der Waals surface area contributed by atoms with E-state index in [2.05, 4.69) is 19.1 Å². The number of amides is 1. The van der Waals surface area contributed by atoms with Crippen LogP contribution in [0.3, 0.4) is 0 Å². The van der Waals surface area contributed by atoms with Crippen molar-refractivity contribution in [2.45, 2.75) is 20.3 Å². The molecule has 0 aliphatic carbocycles. The quantitative estimate of drug-likeness (QED) is 0.706. The van der Waals surface area contributed by atoms with Crippen LogP contribution in [0.5, 0.6) is 0 Å². The number of nitrogens with one attached hydrogen (secondary N) is 1. The van der Waals surface area contributed by atoms with Crippen LogP contribution in [0, 0.1) is 19.7 Å². The van der Waals surface area contributed by atoms with Crippen molar-refractivity contribution < 1.29 is 14.1 Å². The Morgan fingerprint density at radius 2 is 1.96 bits per heavy atom. The summed E-state index contributed by atoms with van der Waals surface area (Å²) in [7, 11) is 4.19. The van der Waals surface area contributed by atoms with Crippen LogP contribution in [0.1, 0.15) is 27.9 Å². The van der Waals surface area contributed by atoms with Gasteiger partial charge < -0.3 is 4.90 Å². The topological polar surface area (TPSA) is 37.6 Å². The second kappa shape index (κ2) is 8.15. The number of anilines is 1. The largest absolute Gasteiger partial charge is 0.340 e. The summed E-state index contributed by atoms with van der Waals surface area (Å²) in [6.45, 7) is 5.51. The van der Waals surface area contributed by atoms with E-state index >= 15 is 0 Å². The molecule has 0 saturated heterocycles. The lowest BCUT2D eigenvalue weighted by Gasteiger charge is -2.21. The van der Waals surface area contributed by atoms with E-state index in [0.29, 0.717) is 22.8 Å². The minimum Gasteiger partial charge on any atom is -0.340 e. The van der Waals surface area contributed by atoms with Gasteiger partial charge in [-0.25, -0.2) is 9.37 Å². The van der Waals surface area contributed by atoms with E-state index in [1.54, 1.807) is 11.0 Å². The first-order chi connectivity index (χ1) is 12.8. The maximum atomic E-state index is 13.5. The number of thiazole rings is 1. The van der Waals surface area contributed by atoms with Crippen LogP contribution in [0.2, 0.25) is 0 Å². The lowest BCUT2D eigenvalue weighted by atomic mass is 10.0. The predicted molar refractivity (Wildman–Crippen MR) is 109 cm³/mol. The summed E-state index contributed by atoms with van der Waals surface area (Å²) in [6, 6.07) is 10.4. The molecule has 2 aromatic carbocycles. The number of aryl methyl sites for hydroxylation is 2. The Labute approximate surface area is 163 Å². The van der Waals surface area contributed by atoms with Gasteiger partial charge in [0.25, 0.3) is 5.91 Å². The van der Waals surface area contributed by atoms with Gasteiger partial charge in [0.05, 0.1) is 30.9 Å². The summed E-state index contributed by atoms with van der Waals surface area (Å²) in [6.07, 6.45) is 0.864. The number of carbonyl (C=O) groups is 1. The van der Waals surface area contributed by atoms with Crippen molar-refractivity contribution in [1.29, 1.82) is 0 Å². The fourth-order valence-corrected chi connectivity index (χ4v) is 4.09. The molecular formula is C21H25FN3OS+. The van der Waals surface area contributed by atoms with Gasteiger partial charge >= 0.3 is 0 Å². The highest BCUT2D eigenvalue weighted by Gasteiger charge is 2.23. The van der Waals surface area contributed by atoms with Crippen LogP contribution in [0.25, 0.3) is 10.2 Å². The molecule has 1 N–H and O–H groups in total. The Morgan fingerprint density at radius 1 is 1.19 bits per heavy atom. The zero-order chi connectivity index (χ0) is 19.6. The molecule has 0 radical (unpaired) electrons. The molecular weight excluding hydrogens is 361 g/mol. The van der Waals surface area contributed by atoms with Crippen molar-refractivity contribution in [1.82, 2.24) is 4.98 Å². The zero-order valence-electron chi connectivity index (χ0n) is 16.2. The maximum Gasteiger partial charge on any atom is 0.260 e. The lowest BCUT2D eigenvalue weighted by molar-refractivity contribution is -0.858. The molecule has 4 nitrogen and oxygen atoms in total. The summed E-state index contributed by atoms with van der Waals surface area (Å²) in [5.41, 5.74) is 3.48. The molecule has 0 bridgehead atoms. The van der Waals surface area contributed by atoms with Crippen molar-refractivity contribution >= 4 is 32.6 Å². The third-order valence-electron chi connectivity index (χ3n) is 4.49. The molecule has 0 spiro atoms. The van der Waals surface area contributed by atoms with E-state index in [4.69, 9.17) is 0 Å². The number of hydrogen-bond donors (Lipinski definition) is 1. The van der Waals surface area contributed by atoms with Crippen LogP contribution in [-0.2, 0) is 0 Å². The van der Waals surface area contributed by atoms with Crippen molar-refractivity contribution in [2.24, 2.45) is 0 Å². The molecule has 142 valence electrons. The number of carbonyl (C=O) groups excluding carboxylic acids is 1. The summed E-state index contributed by atoms with van der Waals surface area (Å²) >= 11 is 1.36. The molecule has 0 atom stereocenters. The molecule has 0 unspecified atom stereocenters. The molecule has 0 saturated carbocycles. The SMILES string of the molecule is Cc1ccc(C(=O)N(CCC[NH+](C)C)c2nc3ccc(F)cc3s2)c(C)c1. The average Bonchev–Trinajstić information content (AvgIpc) is 3.00. The van der Waals surface area contributed by atoms with E-state index in [0.717, 1.165) is 28.8 Å². The highest BCUT2D eigenvalue weighted by Crippen LogP contribution is 2.30. The van der Waals surface area contributed by atoms with Gasteiger partial charge in [-0.3, -0.25) is 9.69 Å². The van der Waals surface area contributed by atoms with Crippen LogP contribution in [0.4, 0.5) is 9.52 Å². The molecule has 1 amide bonds. The number of quaternary nitrogens is 1. The molecule has 0 aliphatic rings.